The van der Waals surface area contributed by atoms with Crippen LogP contribution in [0.4, 0.5) is 0 Å². The summed E-state index contributed by atoms with van der Waals surface area (Å²) in [5, 5.41) is 0. The van der Waals surface area contributed by atoms with E-state index in [0.29, 0.717) is 0 Å². The average molecular weight is 132 g/mol. The zero-order valence-electron chi connectivity index (χ0n) is 2.30. The van der Waals surface area contributed by atoms with E-state index in [2.05, 4.69) is 0 Å². The van der Waals surface area contributed by atoms with E-state index in [4.69, 9.17) is 10.7 Å². The van der Waals surface area contributed by atoms with Gasteiger partial charge in [-0.1, -0.05) is 0 Å². The zero-order valence-corrected chi connectivity index (χ0v) is 3.86. The molecule has 0 atom stereocenters. The van der Waals surface area contributed by atoms with Crippen LogP contribution in [0.3, 0.4) is 0 Å². The molecule has 0 aliphatic rings. The molecule has 0 saturated heterocycles. The van der Waals surface area contributed by atoms with Gasteiger partial charge in [0, 0.05) is 0 Å². The minimum atomic E-state index is -3.58. The van der Waals surface area contributed by atoms with Gasteiger partial charge in [0.2, 0.25) is 0 Å². The maximum absolute atomic E-state index is 8.81. The molecule has 0 aromatic heterocycles. The van der Waals surface area contributed by atoms with Crippen molar-refractivity contribution in [2.75, 3.05) is 0 Å². The summed E-state index contributed by atoms with van der Waals surface area (Å²) >= 11 is -3.58. The normalized spacial score (nSPS) is 3.71. The van der Waals surface area contributed by atoms with Gasteiger partial charge >= 0.3 is 67.0 Å². The van der Waals surface area contributed by atoms with Crippen molar-refractivity contribution < 1.29 is 34.8 Å². The van der Waals surface area contributed by atoms with Crippen molar-refractivity contribution in [2.45, 2.75) is 0 Å². The van der Waals surface area contributed by atoms with E-state index in [9.17, 15) is 0 Å². The van der Waals surface area contributed by atoms with E-state index < -0.39 is 18.6 Å². The van der Waals surface area contributed by atoms with E-state index in [-0.39, 0.29) is 43.2 Å². The second-order valence-corrected chi connectivity index (χ2v) is 1.17. The standard InChI is InChI=1S/2Li.3H2O.O.Ti.2H/h;;3*1H2;;;;/q;;;;;;+2;;/p-2. The average Bonchev–Trinajstić information content (AvgIpc) is 0.811. The van der Waals surface area contributed by atoms with Crippen molar-refractivity contribution in [3.8, 4) is 0 Å². The predicted octanol–water partition coefficient (Wildman–Crippen LogP) is -3.36. The van der Waals surface area contributed by atoms with Crippen molar-refractivity contribution in [1.82, 2.24) is 0 Å². The molecule has 0 unspecified atom stereocenters. The molecule has 0 heterocycles. The summed E-state index contributed by atoms with van der Waals surface area (Å²) < 4.78 is 23.2. The molecule has 0 aromatic carbocycles. The first-order valence-electron chi connectivity index (χ1n) is 0.651. The molecular weight excluding hydrogens is 126 g/mol. The Bertz CT molecular complexity index is 32.7. The van der Waals surface area contributed by atoms with Crippen molar-refractivity contribution in [3.05, 3.63) is 0 Å². The van der Waals surface area contributed by atoms with E-state index in [1.54, 1.807) is 0 Å². The molecule has 4 N–H and O–H groups in total. The molecule has 0 radical (unpaired) electrons. The Balaban J connectivity index is -0.0000000150. The maximum atomic E-state index is 8.81. The van der Waals surface area contributed by atoms with Crippen molar-refractivity contribution in [2.24, 2.45) is 0 Å². The summed E-state index contributed by atoms with van der Waals surface area (Å²) in [6, 6.07) is 0. The van der Waals surface area contributed by atoms with E-state index in [0.717, 1.165) is 0 Å². The second-order valence-electron chi connectivity index (χ2n) is 0.283. The van der Waals surface area contributed by atoms with Crippen molar-refractivity contribution in [1.29, 1.82) is 0 Å². The Hall–Kier alpha value is 1.59. The molecule has 0 aromatic rings. The number of hydrogen-bond donors (Lipinski definition) is 2. The molecule has 0 bridgehead atoms. The van der Waals surface area contributed by atoms with Gasteiger partial charge in [0.25, 0.3) is 0 Å². The van der Waals surface area contributed by atoms with Crippen LogP contribution in [0.2, 0.25) is 0 Å². The topological polar surface area (TPSA) is 89.0 Å². The second kappa shape index (κ2) is 15.6. The van der Waals surface area contributed by atoms with E-state index in [1.807, 2.05) is 0 Å². The van der Waals surface area contributed by atoms with Crippen LogP contribution in [-0.4, -0.2) is 50.6 Å². The molecular formula is H6Li2O4Ti. The summed E-state index contributed by atoms with van der Waals surface area (Å²) in [7, 11) is 0. The van der Waals surface area contributed by atoms with Gasteiger partial charge in [-0.25, -0.2) is 0 Å². The summed E-state index contributed by atoms with van der Waals surface area (Å²) in [5.41, 5.74) is 0. The quantitative estimate of drug-likeness (QED) is 0.337. The summed E-state index contributed by atoms with van der Waals surface area (Å²) in [4.78, 5) is 0. The van der Waals surface area contributed by atoms with E-state index >= 15 is 0 Å². The zero-order chi connectivity index (χ0) is 3.58. The first-order chi connectivity index (χ1) is 1.73. The summed E-state index contributed by atoms with van der Waals surface area (Å²) in [5.74, 6) is 0. The molecule has 0 saturated carbocycles. The van der Waals surface area contributed by atoms with Crippen molar-refractivity contribution >= 4 is 37.7 Å². The molecule has 0 aliphatic carbocycles. The first-order valence-corrected chi connectivity index (χ1v) is 2.69. The Morgan fingerprint density at radius 1 is 1.14 bits per heavy atom. The molecule has 0 aliphatic heterocycles. The molecule has 0 rings (SSSR count). The predicted molar refractivity (Wildman–Crippen MR) is 23.0 cm³/mol. The molecule has 0 fully saturated rings. The van der Waals surface area contributed by atoms with Gasteiger partial charge in [-0.2, -0.15) is 0 Å². The van der Waals surface area contributed by atoms with Crippen LogP contribution < -0.4 is 0 Å². The molecule has 0 spiro atoms. The molecule has 4 nitrogen and oxygen atoms in total. The molecule has 7 heteroatoms. The van der Waals surface area contributed by atoms with Gasteiger partial charge in [-0.15, -0.1) is 0 Å². The number of hydrogen-bond acceptors (Lipinski definition) is 1. The Morgan fingerprint density at radius 2 is 1.14 bits per heavy atom. The van der Waals surface area contributed by atoms with Crippen LogP contribution >= 0.6 is 0 Å². The Morgan fingerprint density at radius 3 is 1.14 bits per heavy atom. The molecule has 36 valence electrons. The number of rotatable bonds is 0. The van der Waals surface area contributed by atoms with Gasteiger partial charge in [0.1, 0.15) is 0 Å². The van der Waals surface area contributed by atoms with Crippen LogP contribution in [0, 0.1) is 0 Å². The third kappa shape index (κ3) is 93.9. The third-order valence-electron chi connectivity index (χ3n) is 0. The summed E-state index contributed by atoms with van der Waals surface area (Å²) in [6.07, 6.45) is 0. The Labute approximate surface area is 72.1 Å². The van der Waals surface area contributed by atoms with Crippen LogP contribution in [-0.2, 0) is 21.9 Å². The molecule has 0 amide bonds. The van der Waals surface area contributed by atoms with Gasteiger partial charge in [-0.3, -0.25) is 0 Å². The monoisotopic (exact) mass is 132 g/mol. The molecule has 7 heavy (non-hydrogen) atoms. The van der Waals surface area contributed by atoms with Gasteiger partial charge in [0.05, 0.1) is 0 Å². The Kier molecular flexibility index (Phi) is 52.5. The van der Waals surface area contributed by atoms with Gasteiger partial charge in [0.15, 0.2) is 0 Å². The van der Waals surface area contributed by atoms with E-state index in [1.165, 1.54) is 0 Å². The van der Waals surface area contributed by atoms with Crippen molar-refractivity contribution in [3.63, 3.8) is 0 Å². The third-order valence-corrected chi connectivity index (χ3v) is 0. The fourth-order valence-electron chi connectivity index (χ4n) is 0. The summed E-state index contributed by atoms with van der Waals surface area (Å²) in [6.45, 7) is 0. The first kappa shape index (κ1) is 23.5. The van der Waals surface area contributed by atoms with Crippen LogP contribution in [0.5, 0.6) is 0 Å². The van der Waals surface area contributed by atoms with Crippen LogP contribution in [0.15, 0.2) is 0 Å². The fraction of sp³-hybridized carbons (Fsp3) is 0. The minimum absolute atomic E-state index is 0. The van der Waals surface area contributed by atoms with Gasteiger partial charge in [-0.05, 0) is 0 Å². The fourth-order valence-corrected chi connectivity index (χ4v) is 0. The SMILES string of the molecule is O.[LiH].[LiH].[O]=[Ti]([OH])[OH]. The van der Waals surface area contributed by atoms with Gasteiger partial charge < -0.3 is 5.48 Å². The van der Waals surface area contributed by atoms with Crippen LogP contribution in [0.25, 0.3) is 0 Å². The van der Waals surface area contributed by atoms with Crippen LogP contribution in [0.1, 0.15) is 0 Å².